The second kappa shape index (κ2) is 3.70. The molecule has 0 aliphatic heterocycles. The molecular formula is C9H9N2OS. The third kappa shape index (κ3) is 1.78. The number of nitrogens with zero attached hydrogens (tertiary/aromatic N) is 2. The average molecular weight is 193 g/mol. The Kier molecular flexibility index (Phi) is 2.40. The van der Waals surface area contributed by atoms with Gasteiger partial charge in [-0.25, -0.2) is 0 Å². The summed E-state index contributed by atoms with van der Waals surface area (Å²) in [5, 5.41) is 5.87. The summed E-state index contributed by atoms with van der Waals surface area (Å²) in [6.45, 7) is 3.73. The number of aromatic nitrogens is 2. The Morgan fingerprint density at radius 2 is 2.46 bits per heavy atom. The maximum absolute atomic E-state index is 5.03. The summed E-state index contributed by atoms with van der Waals surface area (Å²) in [6, 6.07) is 3.95. The minimum Gasteiger partial charge on any atom is -0.339 e. The normalized spacial score (nSPS) is 10.5. The molecule has 0 aromatic carbocycles. The second-order valence-corrected chi connectivity index (χ2v) is 3.54. The highest BCUT2D eigenvalue weighted by atomic mass is 32.1. The van der Waals surface area contributed by atoms with E-state index in [1.54, 1.807) is 11.3 Å². The van der Waals surface area contributed by atoms with Crippen molar-refractivity contribution < 1.29 is 4.52 Å². The van der Waals surface area contributed by atoms with Gasteiger partial charge in [0.1, 0.15) is 0 Å². The van der Waals surface area contributed by atoms with E-state index >= 15 is 0 Å². The summed E-state index contributed by atoms with van der Waals surface area (Å²) in [4.78, 5) is 5.28. The van der Waals surface area contributed by atoms with Gasteiger partial charge in [0.05, 0.1) is 4.88 Å². The Bertz CT molecular complexity index is 367. The predicted octanol–water partition coefficient (Wildman–Crippen LogP) is 2.56. The molecule has 1 radical (unpaired) electrons. The van der Waals surface area contributed by atoms with Crippen molar-refractivity contribution in [2.45, 2.75) is 12.8 Å². The average Bonchev–Trinajstić information content (AvgIpc) is 2.70. The van der Waals surface area contributed by atoms with Gasteiger partial charge in [0.25, 0.3) is 0 Å². The Morgan fingerprint density at radius 3 is 3.15 bits per heavy atom. The van der Waals surface area contributed by atoms with Crippen LogP contribution in [0.1, 0.15) is 12.3 Å². The number of rotatable bonds is 3. The maximum atomic E-state index is 5.03. The molecule has 0 saturated heterocycles. The van der Waals surface area contributed by atoms with Gasteiger partial charge in [-0.05, 0) is 17.9 Å². The van der Waals surface area contributed by atoms with E-state index in [1.807, 2.05) is 17.5 Å². The monoisotopic (exact) mass is 193 g/mol. The fourth-order valence-corrected chi connectivity index (χ4v) is 1.66. The van der Waals surface area contributed by atoms with Crippen molar-refractivity contribution in [3.05, 3.63) is 30.3 Å². The van der Waals surface area contributed by atoms with E-state index < -0.39 is 0 Å². The van der Waals surface area contributed by atoms with Crippen molar-refractivity contribution in [3.63, 3.8) is 0 Å². The van der Waals surface area contributed by atoms with Crippen molar-refractivity contribution in [1.82, 2.24) is 10.1 Å². The van der Waals surface area contributed by atoms with Gasteiger partial charge in [0.15, 0.2) is 0 Å². The van der Waals surface area contributed by atoms with Crippen LogP contribution in [0, 0.1) is 6.92 Å². The molecule has 0 amide bonds. The molecule has 13 heavy (non-hydrogen) atoms. The van der Waals surface area contributed by atoms with Crippen LogP contribution in [0.2, 0.25) is 0 Å². The largest absolute Gasteiger partial charge is 0.339 e. The van der Waals surface area contributed by atoms with Gasteiger partial charge < -0.3 is 4.52 Å². The number of hydrogen-bond donors (Lipinski definition) is 0. The van der Waals surface area contributed by atoms with Crippen LogP contribution in [0.5, 0.6) is 0 Å². The van der Waals surface area contributed by atoms with Crippen molar-refractivity contribution >= 4 is 11.3 Å². The Morgan fingerprint density at radius 1 is 1.54 bits per heavy atom. The molecule has 2 aromatic rings. The molecule has 0 unspecified atom stereocenters. The van der Waals surface area contributed by atoms with Gasteiger partial charge in [-0.3, -0.25) is 0 Å². The highest BCUT2D eigenvalue weighted by Crippen LogP contribution is 2.21. The van der Waals surface area contributed by atoms with Crippen LogP contribution in [0.25, 0.3) is 10.7 Å². The standard InChI is InChI=1S/C9H9N2OS/c1-2-4-8-10-9(11-12-8)7-5-3-6-13-7/h3,5-6H,1-2,4H2. The molecule has 2 heterocycles. The summed E-state index contributed by atoms with van der Waals surface area (Å²) in [7, 11) is 0. The zero-order valence-corrected chi connectivity index (χ0v) is 7.88. The summed E-state index contributed by atoms with van der Waals surface area (Å²) in [5.74, 6) is 1.34. The van der Waals surface area contributed by atoms with Crippen molar-refractivity contribution in [1.29, 1.82) is 0 Å². The molecule has 0 aliphatic carbocycles. The summed E-state index contributed by atoms with van der Waals surface area (Å²) >= 11 is 1.61. The molecular weight excluding hydrogens is 184 g/mol. The van der Waals surface area contributed by atoms with Crippen LogP contribution in [-0.4, -0.2) is 10.1 Å². The molecule has 67 valence electrons. The fourth-order valence-electron chi connectivity index (χ4n) is 1.01. The van der Waals surface area contributed by atoms with Crippen LogP contribution >= 0.6 is 11.3 Å². The van der Waals surface area contributed by atoms with E-state index in [0.717, 1.165) is 17.7 Å². The van der Waals surface area contributed by atoms with Gasteiger partial charge in [0, 0.05) is 6.42 Å². The minimum atomic E-state index is 0.665. The molecule has 0 atom stereocenters. The van der Waals surface area contributed by atoms with Gasteiger partial charge in [-0.2, -0.15) is 4.98 Å². The van der Waals surface area contributed by atoms with Gasteiger partial charge >= 0.3 is 0 Å². The Balaban J connectivity index is 2.23. The molecule has 0 saturated carbocycles. The molecule has 3 nitrogen and oxygen atoms in total. The Hall–Kier alpha value is -1.16. The first-order valence-corrected chi connectivity index (χ1v) is 4.94. The van der Waals surface area contributed by atoms with Gasteiger partial charge in [-0.15, -0.1) is 11.3 Å². The zero-order valence-electron chi connectivity index (χ0n) is 7.06. The Labute approximate surface area is 80.4 Å². The van der Waals surface area contributed by atoms with E-state index in [4.69, 9.17) is 4.52 Å². The van der Waals surface area contributed by atoms with E-state index in [1.165, 1.54) is 0 Å². The molecule has 0 spiro atoms. The number of aryl methyl sites for hydroxylation is 1. The lowest BCUT2D eigenvalue weighted by Crippen LogP contribution is -1.81. The van der Waals surface area contributed by atoms with Crippen molar-refractivity contribution in [3.8, 4) is 10.7 Å². The lowest BCUT2D eigenvalue weighted by atomic mass is 10.3. The molecule has 2 rings (SSSR count). The van der Waals surface area contributed by atoms with E-state index in [0.29, 0.717) is 11.7 Å². The minimum absolute atomic E-state index is 0.665. The van der Waals surface area contributed by atoms with Gasteiger partial charge in [0.2, 0.25) is 11.7 Å². The molecule has 2 aromatic heterocycles. The number of thiophene rings is 1. The smallest absolute Gasteiger partial charge is 0.226 e. The van der Waals surface area contributed by atoms with E-state index in [2.05, 4.69) is 17.1 Å². The maximum Gasteiger partial charge on any atom is 0.226 e. The molecule has 0 N–H and O–H groups in total. The fraction of sp³-hybridized carbons (Fsp3) is 0.222. The highest BCUT2D eigenvalue weighted by molar-refractivity contribution is 7.13. The molecule has 4 heteroatoms. The van der Waals surface area contributed by atoms with Crippen molar-refractivity contribution in [2.24, 2.45) is 0 Å². The van der Waals surface area contributed by atoms with Crippen LogP contribution in [-0.2, 0) is 6.42 Å². The number of hydrogen-bond acceptors (Lipinski definition) is 4. The van der Waals surface area contributed by atoms with Crippen LogP contribution in [0.4, 0.5) is 0 Å². The zero-order chi connectivity index (χ0) is 9.10. The highest BCUT2D eigenvalue weighted by Gasteiger charge is 2.07. The summed E-state index contributed by atoms with van der Waals surface area (Å²) in [5.41, 5.74) is 0. The third-order valence-corrected chi connectivity index (χ3v) is 2.47. The summed E-state index contributed by atoms with van der Waals surface area (Å²) in [6.07, 6.45) is 1.53. The molecule has 0 aliphatic rings. The first kappa shape index (κ1) is 8.44. The first-order valence-electron chi connectivity index (χ1n) is 4.06. The van der Waals surface area contributed by atoms with Crippen molar-refractivity contribution in [2.75, 3.05) is 0 Å². The molecule has 0 bridgehead atoms. The third-order valence-electron chi connectivity index (χ3n) is 1.60. The first-order chi connectivity index (χ1) is 6.40. The van der Waals surface area contributed by atoms with Crippen LogP contribution in [0.15, 0.2) is 22.0 Å². The van der Waals surface area contributed by atoms with Crippen LogP contribution in [0.3, 0.4) is 0 Å². The quantitative estimate of drug-likeness (QED) is 0.752. The lowest BCUT2D eigenvalue weighted by molar-refractivity contribution is 0.379. The van der Waals surface area contributed by atoms with Crippen LogP contribution < -0.4 is 0 Å². The van der Waals surface area contributed by atoms with Gasteiger partial charge in [-0.1, -0.05) is 18.1 Å². The topological polar surface area (TPSA) is 38.9 Å². The van der Waals surface area contributed by atoms with E-state index in [9.17, 15) is 0 Å². The molecule has 0 fully saturated rings. The SMILES string of the molecule is [CH2]CCc1nc(-c2cccs2)no1. The predicted molar refractivity (Wildman–Crippen MR) is 51.3 cm³/mol. The van der Waals surface area contributed by atoms with E-state index in [-0.39, 0.29) is 0 Å². The lowest BCUT2D eigenvalue weighted by Gasteiger charge is -1.83. The summed E-state index contributed by atoms with van der Waals surface area (Å²) < 4.78 is 5.03. The second-order valence-electron chi connectivity index (χ2n) is 2.59.